The van der Waals surface area contributed by atoms with E-state index in [9.17, 15) is 18.0 Å². The molecule has 2 aromatic heterocycles. The van der Waals surface area contributed by atoms with Gasteiger partial charge in [-0.15, -0.1) is 0 Å². The van der Waals surface area contributed by atoms with Crippen LogP contribution >= 0.6 is 0 Å². The van der Waals surface area contributed by atoms with Gasteiger partial charge in [-0.1, -0.05) is 0 Å². The normalized spacial score (nSPS) is 25.1. The fourth-order valence-corrected chi connectivity index (χ4v) is 5.87. The number of anilines is 1. The molecule has 2 saturated carbocycles. The monoisotopic (exact) mass is 511 g/mol. The van der Waals surface area contributed by atoms with E-state index in [-0.39, 0.29) is 34.1 Å². The molecule has 1 saturated heterocycles. The van der Waals surface area contributed by atoms with Crippen LogP contribution in [-0.2, 0) is 4.79 Å². The van der Waals surface area contributed by atoms with E-state index in [1.54, 1.807) is 16.6 Å². The van der Waals surface area contributed by atoms with Gasteiger partial charge in [0.25, 0.3) is 0 Å². The summed E-state index contributed by atoms with van der Waals surface area (Å²) >= 11 is -1.78. The van der Waals surface area contributed by atoms with Crippen LogP contribution in [0.5, 0.6) is 0 Å². The number of nitrogens with zero attached hydrogens (tertiary/aromatic N) is 3. The van der Waals surface area contributed by atoms with Crippen LogP contribution in [0.4, 0.5) is 19.0 Å². The molecule has 1 aliphatic heterocycles. The number of aromatic nitrogens is 2. The van der Waals surface area contributed by atoms with E-state index in [0.717, 1.165) is 38.8 Å². The van der Waals surface area contributed by atoms with Gasteiger partial charge in [0.05, 0.1) is 0 Å². The Balaban J connectivity index is 1.43. The van der Waals surface area contributed by atoms with Crippen molar-refractivity contribution in [3.63, 3.8) is 0 Å². The van der Waals surface area contributed by atoms with Crippen molar-refractivity contribution in [3.05, 3.63) is 23.9 Å². The Hall–Kier alpha value is -2.21. The van der Waals surface area contributed by atoms with Crippen molar-refractivity contribution < 1.29 is 18.0 Å². The first-order valence-corrected chi connectivity index (χ1v) is 12.5. The third kappa shape index (κ3) is 4.47. The standard InChI is InChI=1S/C22H24F3N5OSe/c1-29-11-9-21(12-15(21)13-29)27-18-6-2-5-17-19(32-22(23,24)25)16(28-30(17)18)4-3-10-26-20(31)14-7-8-14/h2,5-6,14-15,27H,7-13H2,1H3,(H,26,31). The number of rotatable bonds is 5. The first-order chi connectivity index (χ1) is 15.2. The van der Waals surface area contributed by atoms with Crippen molar-refractivity contribution in [1.29, 1.82) is 0 Å². The van der Waals surface area contributed by atoms with Crippen LogP contribution in [0.25, 0.3) is 5.52 Å². The molecule has 3 heterocycles. The summed E-state index contributed by atoms with van der Waals surface area (Å²) in [5, 5.41) is 6.46. The second kappa shape index (κ2) is 7.98. The summed E-state index contributed by atoms with van der Waals surface area (Å²) in [4.78, 5) is 14.1. The van der Waals surface area contributed by atoms with Crippen molar-refractivity contribution in [1.82, 2.24) is 19.8 Å². The zero-order valence-corrected chi connectivity index (χ0v) is 19.3. The Morgan fingerprint density at radius 3 is 2.91 bits per heavy atom. The van der Waals surface area contributed by atoms with Crippen LogP contribution in [0, 0.1) is 23.7 Å². The van der Waals surface area contributed by atoms with Crippen LogP contribution < -0.4 is 15.1 Å². The Labute approximate surface area is 190 Å². The number of hydrogen-bond acceptors (Lipinski definition) is 4. The van der Waals surface area contributed by atoms with Crippen molar-refractivity contribution in [3.8, 4) is 11.8 Å². The average molecular weight is 510 g/mol. The maximum atomic E-state index is 13.4. The minimum absolute atomic E-state index is 0.00100. The second-order valence-corrected chi connectivity index (χ2v) is 11.2. The molecule has 1 amide bonds. The molecule has 6 nitrogen and oxygen atoms in total. The molecule has 3 aliphatic rings. The van der Waals surface area contributed by atoms with Gasteiger partial charge in [-0.2, -0.15) is 0 Å². The van der Waals surface area contributed by atoms with Crippen LogP contribution in [0.3, 0.4) is 0 Å². The molecule has 170 valence electrons. The number of halogens is 3. The summed E-state index contributed by atoms with van der Waals surface area (Å²) in [6.45, 7) is 2.11. The summed E-state index contributed by atoms with van der Waals surface area (Å²) in [5.74, 6) is 6.82. The zero-order chi connectivity index (χ0) is 22.5. The first-order valence-electron chi connectivity index (χ1n) is 10.7. The molecular weight excluding hydrogens is 486 g/mol. The Morgan fingerprint density at radius 2 is 2.19 bits per heavy atom. The van der Waals surface area contributed by atoms with Crippen LogP contribution in [0.15, 0.2) is 18.2 Å². The number of amides is 1. The zero-order valence-electron chi connectivity index (χ0n) is 17.6. The molecular formula is C22H24F3N5OSe. The number of piperidine rings is 1. The molecule has 0 aromatic carbocycles. The molecule has 0 spiro atoms. The number of nitrogens with one attached hydrogen (secondary N) is 2. The van der Waals surface area contributed by atoms with Crippen LogP contribution in [-0.4, -0.2) is 72.7 Å². The Kier molecular flexibility index (Phi) is 5.39. The number of carbonyl (C=O) groups is 1. The van der Waals surface area contributed by atoms with Crippen molar-refractivity contribution in [2.75, 3.05) is 32.0 Å². The third-order valence-corrected chi connectivity index (χ3v) is 8.18. The molecule has 2 N–H and O–H groups in total. The Morgan fingerprint density at radius 1 is 1.38 bits per heavy atom. The molecule has 2 unspecified atom stereocenters. The summed E-state index contributed by atoms with van der Waals surface area (Å²) in [6, 6.07) is 5.29. The van der Waals surface area contributed by atoms with Crippen LogP contribution in [0.1, 0.15) is 31.4 Å². The molecule has 0 radical (unpaired) electrons. The average Bonchev–Trinajstić information content (AvgIpc) is 3.63. The van der Waals surface area contributed by atoms with Crippen LogP contribution in [0.2, 0.25) is 0 Å². The predicted octanol–water partition coefficient (Wildman–Crippen LogP) is 1.57. The van der Waals surface area contributed by atoms with Gasteiger partial charge in [0.2, 0.25) is 0 Å². The van der Waals surface area contributed by atoms with Crippen molar-refractivity contribution in [2.45, 2.75) is 36.3 Å². The van der Waals surface area contributed by atoms with Crippen molar-refractivity contribution >= 4 is 36.7 Å². The topological polar surface area (TPSA) is 61.7 Å². The molecule has 2 atom stereocenters. The van der Waals surface area contributed by atoms with Gasteiger partial charge in [-0.3, -0.25) is 0 Å². The number of hydrogen-bond donors (Lipinski definition) is 2. The van der Waals surface area contributed by atoms with Gasteiger partial charge in [-0.05, 0) is 0 Å². The molecule has 2 aromatic rings. The number of pyridine rings is 1. The molecule has 10 heteroatoms. The molecule has 3 fully saturated rings. The summed E-state index contributed by atoms with van der Waals surface area (Å²) in [6.07, 6.45) is 3.83. The molecule has 5 rings (SSSR count). The van der Waals surface area contributed by atoms with Gasteiger partial charge < -0.3 is 0 Å². The maximum absolute atomic E-state index is 13.4. The number of likely N-dealkylation sites (tertiary alicyclic amines) is 1. The van der Waals surface area contributed by atoms with Gasteiger partial charge in [0, 0.05) is 0 Å². The van der Waals surface area contributed by atoms with E-state index < -0.39 is 20.0 Å². The first kappa shape index (κ1) is 21.6. The molecule has 0 bridgehead atoms. The van der Waals surface area contributed by atoms with Crippen molar-refractivity contribution in [2.24, 2.45) is 11.8 Å². The predicted molar refractivity (Wildman–Crippen MR) is 116 cm³/mol. The molecule has 2 aliphatic carbocycles. The van der Waals surface area contributed by atoms with E-state index >= 15 is 0 Å². The second-order valence-electron chi connectivity index (χ2n) is 8.92. The van der Waals surface area contributed by atoms with E-state index in [4.69, 9.17) is 0 Å². The summed E-state index contributed by atoms with van der Waals surface area (Å²) in [5.41, 5.74) is 0.562. The van der Waals surface area contributed by atoms with Gasteiger partial charge in [-0.25, -0.2) is 0 Å². The third-order valence-electron chi connectivity index (χ3n) is 6.42. The quantitative estimate of drug-likeness (QED) is 0.474. The minimum atomic E-state index is -4.31. The number of carbonyl (C=O) groups excluding carboxylic acids is 1. The van der Waals surface area contributed by atoms with E-state index in [1.165, 1.54) is 0 Å². The van der Waals surface area contributed by atoms with Gasteiger partial charge >= 0.3 is 190 Å². The van der Waals surface area contributed by atoms with E-state index in [0.29, 0.717) is 17.3 Å². The summed E-state index contributed by atoms with van der Waals surface area (Å²) in [7, 11) is 2.11. The fraction of sp³-hybridized carbons (Fsp3) is 0.545. The SMILES string of the molecule is CN1CCC2(Nc3cccc4c([Se]C(F)(F)F)c(C#CCNC(=O)C5CC5)nn34)CC2C1. The van der Waals surface area contributed by atoms with Gasteiger partial charge in [0.1, 0.15) is 0 Å². The molecule has 32 heavy (non-hydrogen) atoms. The summed E-state index contributed by atoms with van der Waals surface area (Å²) < 4.78 is 41.8. The van der Waals surface area contributed by atoms with E-state index in [1.807, 2.05) is 6.07 Å². The Bertz CT molecular complexity index is 1120. The number of alkyl halides is 3. The number of fused-ring (bicyclic) bond motifs is 2. The fourth-order valence-electron chi connectivity index (χ4n) is 4.44. The van der Waals surface area contributed by atoms with Gasteiger partial charge in [0.15, 0.2) is 0 Å². The van der Waals surface area contributed by atoms with E-state index in [2.05, 4.69) is 39.5 Å².